The van der Waals surface area contributed by atoms with Crippen LogP contribution >= 0.6 is 0 Å². The average molecular weight is 369 g/mol. The molecule has 0 spiro atoms. The van der Waals surface area contributed by atoms with E-state index >= 15 is 0 Å². The van der Waals surface area contributed by atoms with Gasteiger partial charge in [0.05, 0.1) is 26.9 Å². The van der Waals surface area contributed by atoms with Gasteiger partial charge in [-0.2, -0.15) is 0 Å². The summed E-state index contributed by atoms with van der Waals surface area (Å²) in [5, 5.41) is 0. The summed E-state index contributed by atoms with van der Waals surface area (Å²) in [6.45, 7) is 2.47. The van der Waals surface area contributed by atoms with Gasteiger partial charge in [-0.3, -0.25) is 9.69 Å². The van der Waals surface area contributed by atoms with Gasteiger partial charge < -0.3 is 14.2 Å². The highest BCUT2D eigenvalue weighted by Gasteiger charge is 2.28. The second-order valence-corrected chi connectivity index (χ2v) is 6.82. The summed E-state index contributed by atoms with van der Waals surface area (Å²) in [4.78, 5) is 15.4. The highest BCUT2D eigenvalue weighted by atomic mass is 16.5. The predicted molar refractivity (Wildman–Crippen MR) is 105 cm³/mol. The van der Waals surface area contributed by atoms with Gasteiger partial charge in [-0.15, -0.1) is 0 Å². The van der Waals surface area contributed by atoms with Crippen LogP contribution in [-0.2, 0) is 6.54 Å². The van der Waals surface area contributed by atoms with Crippen LogP contribution in [0.25, 0.3) is 0 Å². The smallest absolute Gasteiger partial charge is 0.170 e. The minimum Gasteiger partial charge on any atom is -0.497 e. The SMILES string of the molecule is COc1ccc(CN2CCC[C@H](C(=O)c3ccccc3OC)C2)c(OC)c1. The molecule has 5 nitrogen and oxygen atoms in total. The highest BCUT2D eigenvalue weighted by Crippen LogP contribution is 2.29. The molecule has 0 aliphatic carbocycles. The summed E-state index contributed by atoms with van der Waals surface area (Å²) in [7, 11) is 4.92. The van der Waals surface area contributed by atoms with Gasteiger partial charge in [0.15, 0.2) is 5.78 Å². The minimum atomic E-state index is -0.0145. The summed E-state index contributed by atoms with van der Waals surface area (Å²) >= 11 is 0. The first-order valence-electron chi connectivity index (χ1n) is 9.26. The van der Waals surface area contributed by atoms with Crippen LogP contribution < -0.4 is 14.2 Å². The number of nitrogens with zero attached hydrogens (tertiary/aromatic N) is 1. The van der Waals surface area contributed by atoms with E-state index in [1.165, 1.54) is 0 Å². The van der Waals surface area contributed by atoms with Gasteiger partial charge >= 0.3 is 0 Å². The molecule has 1 aliphatic heterocycles. The Morgan fingerprint density at radius 3 is 2.56 bits per heavy atom. The molecule has 27 heavy (non-hydrogen) atoms. The molecule has 1 fully saturated rings. The van der Waals surface area contributed by atoms with Gasteiger partial charge in [-0.05, 0) is 37.6 Å². The zero-order chi connectivity index (χ0) is 19.2. The van der Waals surface area contributed by atoms with Gasteiger partial charge in [-0.25, -0.2) is 0 Å². The Hall–Kier alpha value is -2.53. The lowest BCUT2D eigenvalue weighted by Crippen LogP contribution is -2.38. The van der Waals surface area contributed by atoms with Crippen molar-refractivity contribution in [1.82, 2.24) is 4.90 Å². The lowest BCUT2D eigenvalue weighted by molar-refractivity contribution is 0.0807. The van der Waals surface area contributed by atoms with Gasteiger partial charge in [0.25, 0.3) is 0 Å². The van der Waals surface area contributed by atoms with E-state index in [0.29, 0.717) is 11.3 Å². The molecule has 1 saturated heterocycles. The van der Waals surface area contributed by atoms with E-state index in [2.05, 4.69) is 4.90 Å². The fourth-order valence-corrected chi connectivity index (χ4v) is 3.70. The Bertz CT molecular complexity index is 790. The third kappa shape index (κ3) is 4.42. The van der Waals surface area contributed by atoms with Crippen LogP contribution in [0.1, 0.15) is 28.8 Å². The molecule has 0 N–H and O–H groups in total. The molecule has 0 unspecified atom stereocenters. The number of hydrogen-bond acceptors (Lipinski definition) is 5. The Morgan fingerprint density at radius 2 is 1.81 bits per heavy atom. The maximum atomic E-state index is 13.0. The lowest BCUT2D eigenvalue weighted by Gasteiger charge is -2.32. The van der Waals surface area contributed by atoms with Crippen molar-refractivity contribution < 1.29 is 19.0 Å². The minimum absolute atomic E-state index is 0.0145. The lowest BCUT2D eigenvalue weighted by atomic mass is 9.89. The van der Waals surface area contributed by atoms with E-state index in [9.17, 15) is 4.79 Å². The summed E-state index contributed by atoms with van der Waals surface area (Å²) in [5.41, 5.74) is 1.78. The van der Waals surface area contributed by atoms with Crippen LogP contribution in [0.2, 0.25) is 0 Å². The van der Waals surface area contributed by atoms with E-state index in [1.807, 2.05) is 42.5 Å². The van der Waals surface area contributed by atoms with Crippen molar-refractivity contribution in [2.75, 3.05) is 34.4 Å². The van der Waals surface area contributed by atoms with E-state index in [4.69, 9.17) is 14.2 Å². The Labute approximate surface area is 160 Å². The van der Waals surface area contributed by atoms with Gasteiger partial charge in [-0.1, -0.05) is 18.2 Å². The van der Waals surface area contributed by atoms with E-state index in [0.717, 1.165) is 49.5 Å². The Morgan fingerprint density at radius 1 is 1.04 bits per heavy atom. The summed E-state index contributed by atoms with van der Waals surface area (Å²) in [6.07, 6.45) is 1.91. The number of ether oxygens (including phenoxy) is 3. The van der Waals surface area contributed by atoms with E-state index in [1.54, 1.807) is 21.3 Å². The fourth-order valence-electron chi connectivity index (χ4n) is 3.70. The van der Waals surface area contributed by atoms with Crippen molar-refractivity contribution in [3.8, 4) is 17.2 Å². The van der Waals surface area contributed by atoms with Crippen molar-refractivity contribution in [1.29, 1.82) is 0 Å². The number of carbonyl (C=O) groups is 1. The fraction of sp³-hybridized carbons (Fsp3) is 0.409. The molecule has 0 radical (unpaired) electrons. The first-order chi connectivity index (χ1) is 13.2. The topological polar surface area (TPSA) is 48.0 Å². The second-order valence-electron chi connectivity index (χ2n) is 6.82. The number of para-hydroxylation sites is 1. The molecule has 5 heteroatoms. The third-order valence-corrected chi connectivity index (χ3v) is 5.14. The molecule has 1 atom stereocenters. The van der Waals surface area contributed by atoms with Crippen LogP contribution in [0.3, 0.4) is 0 Å². The normalized spacial score (nSPS) is 17.4. The van der Waals surface area contributed by atoms with Gasteiger partial charge in [0, 0.05) is 30.6 Å². The molecule has 1 aliphatic rings. The number of carbonyl (C=O) groups excluding carboxylic acids is 1. The largest absolute Gasteiger partial charge is 0.497 e. The number of ketones is 1. The number of methoxy groups -OCH3 is 3. The molecule has 0 saturated carbocycles. The van der Waals surface area contributed by atoms with Crippen LogP contribution in [0.5, 0.6) is 17.2 Å². The summed E-state index contributed by atoms with van der Waals surface area (Å²) < 4.78 is 16.2. The molecular formula is C22H27NO4. The zero-order valence-corrected chi connectivity index (χ0v) is 16.2. The predicted octanol–water partition coefficient (Wildman–Crippen LogP) is 3.81. The van der Waals surface area contributed by atoms with Crippen molar-refractivity contribution in [3.05, 3.63) is 53.6 Å². The molecule has 3 rings (SSSR count). The highest BCUT2D eigenvalue weighted by molar-refractivity contribution is 6.00. The van der Waals surface area contributed by atoms with Crippen LogP contribution in [0.4, 0.5) is 0 Å². The number of hydrogen-bond donors (Lipinski definition) is 0. The molecule has 0 bridgehead atoms. The van der Waals surface area contributed by atoms with Crippen molar-refractivity contribution >= 4 is 5.78 Å². The van der Waals surface area contributed by atoms with Crippen molar-refractivity contribution in [2.24, 2.45) is 5.92 Å². The molecule has 144 valence electrons. The maximum absolute atomic E-state index is 13.0. The first-order valence-corrected chi connectivity index (χ1v) is 9.26. The molecule has 0 aromatic heterocycles. The molecule has 0 amide bonds. The number of Topliss-reactive ketones (excluding diaryl/α,β-unsaturated/α-hetero) is 1. The van der Waals surface area contributed by atoms with Gasteiger partial charge in [0.2, 0.25) is 0 Å². The van der Waals surface area contributed by atoms with Crippen LogP contribution in [0.15, 0.2) is 42.5 Å². The van der Waals surface area contributed by atoms with Crippen molar-refractivity contribution in [2.45, 2.75) is 19.4 Å². The summed E-state index contributed by atoms with van der Waals surface area (Å²) in [6, 6.07) is 13.3. The monoisotopic (exact) mass is 369 g/mol. The molecule has 2 aromatic rings. The number of rotatable bonds is 7. The number of piperidine rings is 1. The molecule has 1 heterocycles. The zero-order valence-electron chi connectivity index (χ0n) is 16.2. The van der Waals surface area contributed by atoms with Gasteiger partial charge in [0.1, 0.15) is 17.2 Å². The molecule has 2 aromatic carbocycles. The Kier molecular flexibility index (Phi) is 6.35. The van der Waals surface area contributed by atoms with E-state index in [-0.39, 0.29) is 11.7 Å². The second kappa shape index (κ2) is 8.91. The first kappa shape index (κ1) is 19.2. The third-order valence-electron chi connectivity index (χ3n) is 5.14. The van der Waals surface area contributed by atoms with Crippen LogP contribution in [-0.4, -0.2) is 45.1 Å². The summed E-state index contributed by atoms with van der Waals surface area (Å²) in [5.74, 6) is 2.39. The molecular weight excluding hydrogens is 342 g/mol. The quantitative estimate of drug-likeness (QED) is 0.695. The van der Waals surface area contributed by atoms with E-state index < -0.39 is 0 Å². The van der Waals surface area contributed by atoms with Crippen LogP contribution in [0, 0.1) is 5.92 Å². The average Bonchev–Trinajstić information content (AvgIpc) is 2.73. The number of likely N-dealkylation sites (tertiary alicyclic amines) is 1. The maximum Gasteiger partial charge on any atom is 0.170 e. The Balaban J connectivity index is 1.72. The van der Waals surface area contributed by atoms with Crippen molar-refractivity contribution in [3.63, 3.8) is 0 Å². The standard InChI is InChI=1S/C22H27NO4/c1-25-18-11-10-16(21(13-18)27-3)14-23-12-6-7-17(15-23)22(24)19-8-4-5-9-20(19)26-2/h4-5,8-11,13,17H,6-7,12,14-15H2,1-3H3/t17-/m0/s1. The number of benzene rings is 2.